The van der Waals surface area contributed by atoms with E-state index >= 15 is 0 Å². The Morgan fingerprint density at radius 3 is 2.24 bits per heavy atom. The topological polar surface area (TPSA) is 107 Å². The first-order valence-electron chi connectivity index (χ1n) is 12.1. The molecule has 0 radical (unpaired) electrons. The van der Waals surface area contributed by atoms with Crippen molar-refractivity contribution in [3.63, 3.8) is 0 Å². The van der Waals surface area contributed by atoms with E-state index in [1.807, 2.05) is 39.0 Å². The molecular weight excluding hydrogens is 554 g/mol. The summed E-state index contributed by atoms with van der Waals surface area (Å²) in [7, 11) is 0. The molecule has 38 heavy (non-hydrogen) atoms. The summed E-state index contributed by atoms with van der Waals surface area (Å²) in [6.45, 7) is 6.68. The van der Waals surface area contributed by atoms with Crippen LogP contribution in [0.3, 0.4) is 0 Å². The molecule has 0 fully saturated rings. The van der Waals surface area contributed by atoms with Crippen LogP contribution in [0.5, 0.6) is 23.0 Å². The van der Waals surface area contributed by atoms with E-state index in [4.69, 9.17) is 18.9 Å². The second kappa shape index (κ2) is 14.6. The molecular formula is C28H30BrN3O6. The van der Waals surface area contributed by atoms with E-state index in [9.17, 15) is 9.59 Å². The third kappa shape index (κ3) is 8.24. The molecule has 200 valence electrons. The van der Waals surface area contributed by atoms with Gasteiger partial charge in [0, 0.05) is 11.3 Å². The lowest BCUT2D eigenvalue weighted by Crippen LogP contribution is -2.20. The minimum atomic E-state index is -0.404. The molecule has 0 aliphatic carbocycles. The van der Waals surface area contributed by atoms with Crippen LogP contribution in [-0.4, -0.2) is 44.5 Å². The number of benzene rings is 3. The second-order valence-electron chi connectivity index (χ2n) is 7.69. The first-order valence-corrected chi connectivity index (χ1v) is 12.9. The van der Waals surface area contributed by atoms with Crippen LogP contribution >= 0.6 is 15.9 Å². The zero-order valence-electron chi connectivity index (χ0n) is 21.5. The molecule has 0 aliphatic rings. The number of amides is 2. The van der Waals surface area contributed by atoms with Crippen molar-refractivity contribution in [2.75, 3.05) is 31.7 Å². The smallest absolute Gasteiger partial charge is 0.271 e. The Labute approximate surface area is 230 Å². The van der Waals surface area contributed by atoms with Gasteiger partial charge in [0.2, 0.25) is 0 Å². The average Bonchev–Trinajstić information content (AvgIpc) is 2.90. The zero-order chi connectivity index (χ0) is 27.3. The van der Waals surface area contributed by atoms with Crippen molar-refractivity contribution in [3.05, 3.63) is 76.3 Å². The van der Waals surface area contributed by atoms with Crippen molar-refractivity contribution >= 4 is 39.6 Å². The molecule has 0 atom stereocenters. The van der Waals surface area contributed by atoms with Gasteiger partial charge in [-0.2, -0.15) is 5.10 Å². The van der Waals surface area contributed by atoms with Gasteiger partial charge in [0.15, 0.2) is 29.6 Å². The molecule has 10 heteroatoms. The highest BCUT2D eigenvalue weighted by Gasteiger charge is 2.15. The second-order valence-corrected chi connectivity index (χ2v) is 8.55. The molecule has 0 saturated carbocycles. The summed E-state index contributed by atoms with van der Waals surface area (Å²) in [5, 5.41) is 6.84. The number of halogens is 1. The maximum atomic E-state index is 12.6. The quantitative estimate of drug-likeness (QED) is 0.205. The fraction of sp³-hybridized carbons (Fsp3) is 0.250. The summed E-state index contributed by atoms with van der Waals surface area (Å²) in [5.74, 6) is 1.16. The van der Waals surface area contributed by atoms with E-state index in [0.717, 1.165) is 0 Å². The molecule has 0 unspecified atom stereocenters. The predicted octanol–water partition coefficient (Wildman–Crippen LogP) is 5.43. The number of hydrazone groups is 1. The molecule has 2 N–H and O–H groups in total. The lowest BCUT2D eigenvalue weighted by molar-refractivity contribution is -0.118. The van der Waals surface area contributed by atoms with Crippen LogP contribution in [0.4, 0.5) is 5.69 Å². The van der Waals surface area contributed by atoms with E-state index in [1.165, 1.54) is 6.21 Å². The van der Waals surface area contributed by atoms with Crippen LogP contribution < -0.4 is 29.7 Å². The number of nitrogens with one attached hydrogen (secondary N) is 2. The maximum Gasteiger partial charge on any atom is 0.271 e. The zero-order valence-corrected chi connectivity index (χ0v) is 23.0. The highest BCUT2D eigenvalue weighted by Crippen LogP contribution is 2.36. The number of rotatable bonds is 13. The predicted molar refractivity (Wildman–Crippen MR) is 150 cm³/mol. The van der Waals surface area contributed by atoms with Crippen LogP contribution in [0.1, 0.15) is 36.7 Å². The number of nitrogens with zero attached hydrogens (tertiary/aromatic N) is 1. The lowest BCUT2D eigenvalue weighted by atomic mass is 10.2. The summed E-state index contributed by atoms with van der Waals surface area (Å²) in [6.07, 6.45) is 1.48. The SMILES string of the molecule is CCOc1ccc(C(=O)N/N=C/c2cc(Br)c(OCC(=O)Nc3ccccc3)c(OCC)c2)cc1OCC. The molecule has 0 saturated heterocycles. The Morgan fingerprint density at radius 1 is 0.842 bits per heavy atom. The van der Waals surface area contributed by atoms with Crippen LogP contribution in [0, 0.1) is 0 Å². The van der Waals surface area contributed by atoms with Crippen molar-refractivity contribution in [3.8, 4) is 23.0 Å². The van der Waals surface area contributed by atoms with Gasteiger partial charge in [-0.15, -0.1) is 0 Å². The van der Waals surface area contributed by atoms with Gasteiger partial charge in [0.25, 0.3) is 11.8 Å². The summed E-state index contributed by atoms with van der Waals surface area (Å²) < 4.78 is 23.1. The van der Waals surface area contributed by atoms with Crippen LogP contribution in [0.15, 0.2) is 70.2 Å². The monoisotopic (exact) mass is 583 g/mol. The van der Waals surface area contributed by atoms with Crippen LogP contribution in [0.25, 0.3) is 0 Å². The Morgan fingerprint density at radius 2 is 1.53 bits per heavy atom. The van der Waals surface area contributed by atoms with Gasteiger partial charge < -0.3 is 24.3 Å². The number of hydrogen-bond donors (Lipinski definition) is 2. The Hall–Kier alpha value is -4.05. The molecule has 3 rings (SSSR count). The Kier molecular flexibility index (Phi) is 11.0. The van der Waals surface area contributed by atoms with Gasteiger partial charge in [0.05, 0.1) is 30.5 Å². The normalized spacial score (nSPS) is 10.6. The van der Waals surface area contributed by atoms with Crippen molar-refractivity contribution < 1.29 is 28.5 Å². The maximum absolute atomic E-state index is 12.6. The number of anilines is 1. The van der Waals surface area contributed by atoms with Crippen molar-refractivity contribution in [2.45, 2.75) is 20.8 Å². The molecule has 2 amide bonds. The fourth-order valence-corrected chi connectivity index (χ4v) is 3.92. The Bertz CT molecular complexity index is 1270. The number of carbonyl (C=O) groups is 2. The Balaban J connectivity index is 1.67. The van der Waals surface area contributed by atoms with Gasteiger partial charge in [-0.25, -0.2) is 5.43 Å². The van der Waals surface area contributed by atoms with Crippen LogP contribution in [0.2, 0.25) is 0 Å². The van der Waals surface area contributed by atoms with Crippen molar-refractivity contribution in [2.24, 2.45) is 5.10 Å². The lowest BCUT2D eigenvalue weighted by Gasteiger charge is -2.14. The number of carbonyl (C=O) groups excluding carboxylic acids is 2. The molecule has 0 aliphatic heterocycles. The minimum Gasteiger partial charge on any atom is -0.490 e. The van der Waals surface area contributed by atoms with Gasteiger partial charge in [-0.3, -0.25) is 9.59 Å². The highest BCUT2D eigenvalue weighted by atomic mass is 79.9. The van der Waals surface area contributed by atoms with Gasteiger partial charge in [0.1, 0.15) is 0 Å². The van der Waals surface area contributed by atoms with Gasteiger partial charge in [-0.05, 0) is 84.7 Å². The van der Waals surface area contributed by atoms with Crippen molar-refractivity contribution in [1.82, 2.24) is 5.43 Å². The molecule has 0 aromatic heterocycles. The first kappa shape index (κ1) is 28.5. The number of hydrogen-bond acceptors (Lipinski definition) is 7. The van der Waals surface area contributed by atoms with Crippen LogP contribution in [-0.2, 0) is 4.79 Å². The largest absolute Gasteiger partial charge is 0.490 e. The fourth-order valence-electron chi connectivity index (χ4n) is 3.34. The van der Waals surface area contributed by atoms with E-state index in [2.05, 4.69) is 31.8 Å². The first-order chi connectivity index (χ1) is 18.4. The van der Waals surface area contributed by atoms with E-state index in [1.54, 1.807) is 42.5 Å². The summed E-state index contributed by atoms with van der Waals surface area (Å²) in [5.41, 5.74) is 4.21. The summed E-state index contributed by atoms with van der Waals surface area (Å²) >= 11 is 3.47. The standard InChI is InChI=1S/C28H30BrN3O6/c1-4-35-23-13-12-20(16-24(23)36-5-2)28(34)32-30-17-19-14-22(29)27(25(15-19)37-6-3)38-18-26(33)31-21-10-8-7-9-11-21/h7-17H,4-6,18H2,1-3H3,(H,31,33)(H,32,34)/b30-17+. The number of para-hydroxylation sites is 1. The molecule has 3 aromatic carbocycles. The third-order valence-electron chi connectivity index (χ3n) is 4.92. The summed E-state index contributed by atoms with van der Waals surface area (Å²) in [6, 6.07) is 17.5. The van der Waals surface area contributed by atoms with Gasteiger partial charge >= 0.3 is 0 Å². The molecule has 3 aromatic rings. The van der Waals surface area contributed by atoms with Crippen molar-refractivity contribution in [1.29, 1.82) is 0 Å². The molecule has 9 nitrogen and oxygen atoms in total. The number of ether oxygens (including phenoxy) is 4. The molecule has 0 bridgehead atoms. The van der Waals surface area contributed by atoms with E-state index in [0.29, 0.717) is 64.1 Å². The summed E-state index contributed by atoms with van der Waals surface area (Å²) in [4.78, 5) is 24.9. The molecule has 0 spiro atoms. The van der Waals surface area contributed by atoms with E-state index in [-0.39, 0.29) is 12.5 Å². The van der Waals surface area contributed by atoms with E-state index < -0.39 is 5.91 Å². The highest BCUT2D eigenvalue weighted by molar-refractivity contribution is 9.10. The molecule has 0 heterocycles. The third-order valence-corrected chi connectivity index (χ3v) is 5.51. The van der Waals surface area contributed by atoms with Gasteiger partial charge in [-0.1, -0.05) is 18.2 Å². The average molecular weight is 584 g/mol. The minimum absolute atomic E-state index is 0.205.